The Morgan fingerprint density at radius 3 is 3.19 bits per heavy atom. The Morgan fingerprint density at radius 1 is 1.48 bits per heavy atom. The van der Waals surface area contributed by atoms with Crippen molar-refractivity contribution in [3.8, 4) is 17.5 Å². The van der Waals surface area contributed by atoms with Crippen molar-refractivity contribution in [3.63, 3.8) is 0 Å². The van der Waals surface area contributed by atoms with E-state index in [2.05, 4.69) is 27.6 Å². The van der Waals surface area contributed by atoms with E-state index in [1.54, 1.807) is 12.3 Å². The van der Waals surface area contributed by atoms with Crippen LogP contribution in [0.25, 0.3) is 11.4 Å². The molecule has 0 bridgehead atoms. The predicted octanol–water partition coefficient (Wildman–Crippen LogP) is 1.75. The van der Waals surface area contributed by atoms with Gasteiger partial charge in [0.25, 0.3) is 0 Å². The Bertz CT molecular complexity index is 658. The second kappa shape index (κ2) is 6.08. The van der Waals surface area contributed by atoms with E-state index in [0.717, 1.165) is 37.6 Å². The Labute approximate surface area is 124 Å². The van der Waals surface area contributed by atoms with Gasteiger partial charge in [0, 0.05) is 31.0 Å². The van der Waals surface area contributed by atoms with Crippen molar-refractivity contribution in [1.82, 2.24) is 14.5 Å². The number of nitrogens with zero attached hydrogens (tertiary/aromatic N) is 4. The van der Waals surface area contributed by atoms with E-state index in [9.17, 15) is 0 Å². The van der Waals surface area contributed by atoms with Gasteiger partial charge >= 0.3 is 0 Å². The molecular weight excluding hydrogens is 264 g/mol. The Balaban J connectivity index is 1.82. The maximum Gasteiger partial charge on any atom is 0.140 e. The van der Waals surface area contributed by atoms with Crippen molar-refractivity contribution in [2.24, 2.45) is 0 Å². The van der Waals surface area contributed by atoms with Crippen molar-refractivity contribution >= 4 is 0 Å². The van der Waals surface area contributed by atoms with Crippen LogP contribution in [0, 0.1) is 11.3 Å². The van der Waals surface area contributed by atoms with Gasteiger partial charge in [0.15, 0.2) is 0 Å². The van der Waals surface area contributed by atoms with Gasteiger partial charge in [-0.2, -0.15) is 5.26 Å². The summed E-state index contributed by atoms with van der Waals surface area (Å²) in [4.78, 5) is 6.71. The van der Waals surface area contributed by atoms with Crippen LogP contribution in [0.2, 0.25) is 0 Å². The van der Waals surface area contributed by atoms with E-state index in [1.165, 1.54) is 0 Å². The fraction of sp³-hybridized carbons (Fsp3) is 0.375. The topological polar surface area (TPSA) is 54.1 Å². The summed E-state index contributed by atoms with van der Waals surface area (Å²) in [5, 5.41) is 9.02. The smallest absolute Gasteiger partial charge is 0.140 e. The highest BCUT2D eigenvalue weighted by Crippen LogP contribution is 2.20. The van der Waals surface area contributed by atoms with Gasteiger partial charge in [0.2, 0.25) is 0 Å². The molecule has 0 aliphatic carbocycles. The van der Waals surface area contributed by atoms with E-state index >= 15 is 0 Å². The van der Waals surface area contributed by atoms with Crippen LogP contribution >= 0.6 is 0 Å². The first kappa shape index (κ1) is 13.8. The maximum atomic E-state index is 9.02. The molecule has 0 saturated carbocycles. The first-order valence-electron chi connectivity index (χ1n) is 7.08. The molecule has 0 spiro atoms. The van der Waals surface area contributed by atoms with E-state index in [-0.39, 0.29) is 6.10 Å². The number of ether oxygens (including phenoxy) is 1. The third-order valence-corrected chi connectivity index (χ3v) is 3.71. The molecule has 2 heterocycles. The summed E-state index contributed by atoms with van der Waals surface area (Å²) in [6.45, 7) is 3.46. The molecule has 1 fully saturated rings. The summed E-state index contributed by atoms with van der Waals surface area (Å²) in [6, 6.07) is 9.70. The molecule has 0 radical (unpaired) electrons. The van der Waals surface area contributed by atoms with Crippen molar-refractivity contribution < 1.29 is 4.74 Å². The van der Waals surface area contributed by atoms with Gasteiger partial charge in [-0.3, -0.25) is 0 Å². The molecule has 21 heavy (non-hydrogen) atoms. The van der Waals surface area contributed by atoms with Crippen LogP contribution in [0.1, 0.15) is 5.56 Å². The largest absolute Gasteiger partial charge is 0.374 e. The second-order valence-electron chi connectivity index (χ2n) is 5.35. The Kier molecular flexibility index (Phi) is 4.00. The van der Waals surface area contributed by atoms with Crippen molar-refractivity contribution in [1.29, 1.82) is 5.26 Å². The minimum atomic E-state index is 0.177. The third kappa shape index (κ3) is 3.13. The average molecular weight is 282 g/mol. The fourth-order valence-corrected chi connectivity index (χ4v) is 2.64. The van der Waals surface area contributed by atoms with Crippen LogP contribution in [0.3, 0.4) is 0 Å². The monoisotopic (exact) mass is 282 g/mol. The number of benzene rings is 1. The van der Waals surface area contributed by atoms with E-state index in [0.29, 0.717) is 5.56 Å². The van der Waals surface area contributed by atoms with Crippen LogP contribution in [0.5, 0.6) is 0 Å². The quantitative estimate of drug-likeness (QED) is 0.860. The standard InChI is InChI=1S/C16H18N4O/c1-19-7-8-21-15(11-19)12-20-6-5-18-16(20)14-4-2-3-13(9-14)10-17/h2-6,9,15H,7-8,11-12H2,1H3. The lowest BCUT2D eigenvalue weighted by atomic mass is 10.1. The van der Waals surface area contributed by atoms with Crippen molar-refractivity contribution in [2.45, 2.75) is 12.6 Å². The predicted molar refractivity (Wildman–Crippen MR) is 79.6 cm³/mol. The highest BCUT2D eigenvalue weighted by atomic mass is 16.5. The number of nitriles is 1. The number of hydrogen-bond donors (Lipinski definition) is 0. The summed E-state index contributed by atoms with van der Waals surface area (Å²) >= 11 is 0. The summed E-state index contributed by atoms with van der Waals surface area (Å²) < 4.78 is 7.91. The summed E-state index contributed by atoms with van der Waals surface area (Å²) in [5.41, 5.74) is 1.61. The van der Waals surface area contributed by atoms with Gasteiger partial charge in [0.1, 0.15) is 5.82 Å². The molecule has 1 aliphatic rings. The van der Waals surface area contributed by atoms with Crippen molar-refractivity contribution in [3.05, 3.63) is 42.2 Å². The molecule has 5 nitrogen and oxygen atoms in total. The minimum Gasteiger partial charge on any atom is -0.374 e. The second-order valence-corrected chi connectivity index (χ2v) is 5.35. The molecule has 1 aliphatic heterocycles. The molecular formula is C16H18N4O. The normalized spacial score (nSPS) is 19.3. The average Bonchev–Trinajstić information content (AvgIpc) is 2.95. The summed E-state index contributed by atoms with van der Waals surface area (Å²) in [7, 11) is 2.11. The lowest BCUT2D eigenvalue weighted by Crippen LogP contribution is -2.41. The molecule has 108 valence electrons. The Hall–Kier alpha value is -2.16. The molecule has 1 aromatic carbocycles. The first-order chi connectivity index (χ1) is 10.3. The van der Waals surface area contributed by atoms with Crippen LogP contribution in [0.15, 0.2) is 36.7 Å². The number of morpholine rings is 1. The lowest BCUT2D eigenvalue weighted by molar-refractivity contribution is -0.0272. The number of likely N-dealkylation sites (N-methyl/N-ethyl adjacent to an activating group) is 1. The van der Waals surface area contributed by atoms with E-state index < -0.39 is 0 Å². The van der Waals surface area contributed by atoms with Gasteiger partial charge in [-0.15, -0.1) is 0 Å². The molecule has 3 rings (SSSR count). The highest BCUT2D eigenvalue weighted by Gasteiger charge is 2.19. The molecule has 0 N–H and O–H groups in total. The lowest BCUT2D eigenvalue weighted by Gasteiger charge is -2.30. The fourth-order valence-electron chi connectivity index (χ4n) is 2.64. The zero-order valence-corrected chi connectivity index (χ0v) is 12.1. The minimum absolute atomic E-state index is 0.177. The number of hydrogen-bond acceptors (Lipinski definition) is 4. The molecule has 1 aromatic heterocycles. The van der Waals surface area contributed by atoms with Crippen LogP contribution in [-0.2, 0) is 11.3 Å². The van der Waals surface area contributed by atoms with Gasteiger partial charge in [-0.25, -0.2) is 4.98 Å². The highest BCUT2D eigenvalue weighted by molar-refractivity contribution is 5.58. The molecule has 1 atom stereocenters. The van der Waals surface area contributed by atoms with Gasteiger partial charge in [-0.1, -0.05) is 12.1 Å². The molecule has 2 aromatic rings. The Morgan fingerprint density at radius 2 is 2.38 bits per heavy atom. The molecule has 1 unspecified atom stereocenters. The van der Waals surface area contributed by atoms with Crippen LogP contribution in [0.4, 0.5) is 0 Å². The molecule has 5 heteroatoms. The summed E-state index contributed by atoms with van der Waals surface area (Å²) in [5.74, 6) is 0.879. The van der Waals surface area contributed by atoms with E-state index in [1.807, 2.05) is 24.4 Å². The molecule has 0 amide bonds. The third-order valence-electron chi connectivity index (χ3n) is 3.71. The van der Waals surface area contributed by atoms with Crippen molar-refractivity contribution in [2.75, 3.05) is 26.7 Å². The van der Waals surface area contributed by atoms with Crippen LogP contribution < -0.4 is 0 Å². The number of imidazole rings is 1. The zero-order valence-electron chi connectivity index (χ0n) is 12.1. The SMILES string of the molecule is CN1CCOC(Cn2ccnc2-c2cccc(C#N)c2)C1. The van der Waals surface area contributed by atoms with Crippen LogP contribution in [-0.4, -0.2) is 47.3 Å². The first-order valence-corrected chi connectivity index (χ1v) is 7.08. The number of rotatable bonds is 3. The molecule has 1 saturated heterocycles. The number of aromatic nitrogens is 2. The zero-order chi connectivity index (χ0) is 14.7. The van der Waals surface area contributed by atoms with Gasteiger partial charge in [0.05, 0.1) is 30.9 Å². The maximum absolute atomic E-state index is 9.02. The summed E-state index contributed by atoms with van der Waals surface area (Å²) in [6.07, 6.45) is 3.93. The van der Waals surface area contributed by atoms with Gasteiger partial charge in [-0.05, 0) is 19.2 Å². The van der Waals surface area contributed by atoms with E-state index in [4.69, 9.17) is 10.00 Å². The van der Waals surface area contributed by atoms with Gasteiger partial charge < -0.3 is 14.2 Å².